The van der Waals surface area contributed by atoms with Crippen LogP contribution in [0.5, 0.6) is 0 Å². The summed E-state index contributed by atoms with van der Waals surface area (Å²) in [6.45, 7) is 16.0. The number of nitrogens with one attached hydrogen (secondary N) is 1. The van der Waals surface area contributed by atoms with Crippen LogP contribution in [0.1, 0.15) is 52.3 Å². The van der Waals surface area contributed by atoms with Crippen LogP contribution in [-0.2, 0) is 26.6 Å². The van der Waals surface area contributed by atoms with Gasteiger partial charge in [-0.25, -0.2) is 27.2 Å². The summed E-state index contributed by atoms with van der Waals surface area (Å²) in [4.78, 5) is 8.92. The Balaban J connectivity index is 2.30. The van der Waals surface area contributed by atoms with E-state index in [0.29, 0.717) is 24.6 Å². The average Bonchev–Trinajstić information content (AvgIpc) is 2.70. The van der Waals surface area contributed by atoms with Crippen LogP contribution < -0.4 is 4.72 Å². The summed E-state index contributed by atoms with van der Waals surface area (Å²) in [6, 6.07) is 5.64. The number of rotatable bonds is 12. The fourth-order valence-electron chi connectivity index (χ4n) is 3.40. The molecule has 1 heterocycles. The van der Waals surface area contributed by atoms with Gasteiger partial charge in [0.25, 0.3) is 0 Å². The molecule has 2 aromatic rings. The molecular weight excluding hydrogens is 521 g/mol. The van der Waals surface area contributed by atoms with Gasteiger partial charge in [0, 0.05) is 29.7 Å². The largest absolute Gasteiger partial charge is 0.417 e. The van der Waals surface area contributed by atoms with E-state index in [1.807, 2.05) is 0 Å². The van der Waals surface area contributed by atoms with Crippen LogP contribution in [-0.4, -0.2) is 39.6 Å². The maximum Gasteiger partial charge on any atom is 0.230 e. The van der Waals surface area contributed by atoms with Gasteiger partial charge in [0.05, 0.1) is 6.26 Å². The summed E-state index contributed by atoms with van der Waals surface area (Å²) in [5, 5.41) is 0.378. The Kier molecular flexibility index (Phi) is 10.5. The van der Waals surface area contributed by atoms with Crippen LogP contribution >= 0.6 is 11.8 Å². The van der Waals surface area contributed by atoms with Gasteiger partial charge in [-0.3, -0.25) is 4.72 Å². The molecule has 1 atom stereocenters. The predicted octanol–water partition coefficient (Wildman–Crippen LogP) is 6.65. The molecule has 0 saturated heterocycles. The van der Waals surface area contributed by atoms with Gasteiger partial charge in [0.15, 0.2) is 25.1 Å². The molecule has 0 bridgehead atoms. The smallest absolute Gasteiger partial charge is 0.230 e. The molecule has 6 nitrogen and oxygen atoms in total. The molecule has 1 aromatic heterocycles. The fourth-order valence-corrected chi connectivity index (χ4v) is 5.82. The molecule has 1 unspecified atom stereocenters. The number of thioether (sulfide) groups is 1. The zero-order valence-corrected chi connectivity index (χ0v) is 25.1. The van der Waals surface area contributed by atoms with Crippen LogP contribution in [0.3, 0.4) is 0 Å². The summed E-state index contributed by atoms with van der Waals surface area (Å²) in [6.07, 6.45) is 2.55. The highest BCUT2D eigenvalue weighted by atomic mass is 32.2. The summed E-state index contributed by atoms with van der Waals surface area (Å²) >= 11 is 1.12. The number of nitrogens with zero attached hydrogens (tertiary/aromatic N) is 2. The minimum Gasteiger partial charge on any atom is -0.417 e. The minimum atomic E-state index is -3.56. The molecule has 1 aromatic carbocycles. The number of hydrogen-bond donors (Lipinski definition) is 1. The van der Waals surface area contributed by atoms with Crippen molar-refractivity contribution in [2.24, 2.45) is 11.8 Å². The molecule has 0 amide bonds. The summed E-state index contributed by atoms with van der Waals surface area (Å²) < 4.78 is 60.4. The van der Waals surface area contributed by atoms with Gasteiger partial charge in [0.2, 0.25) is 10.0 Å². The number of sulfonamides is 1. The Hall–Kier alpha value is -1.56. The standard InChI is InChI=1S/C25H39F2N3O3S2Si/c1-17(2)12-18(15-33-36(7,8)25(3,4)5)13-20-14-22(30-35(6,31)32)29-24(28-20)34-16-19-10-9-11-21(26)23(19)27/h9-11,14,17-18H,12-13,15-16H2,1-8H3,(H,28,29,30). The molecular formula is C25H39F2N3O3S2Si. The summed E-state index contributed by atoms with van der Waals surface area (Å²) in [7, 11) is -5.51. The molecule has 0 fully saturated rings. The molecule has 202 valence electrons. The third kappa shape index (κ3) is 9.72. The van der Waals surface area contributed by atoms with Gasteiger partial charge < -0.3 is 4.43 Å². The first-order valence-corrected chi connectivity index (χ1v) is 17.8. The maximum absolute atomic E-state index is 14.1. The van der Waals surface area contributed by atoms with Gasteiger partial charge in [0.1, 0.15) is 5.82 Å². The van der Waals surface area contributed by atoms with Crippen molar-refractivity contribution in [1.29, 1.82) is 0 Å². The Morgan fingerprint density at radius 2 is 1.83 bits per heavy atom. The first kappa shape index (κ1) is 30.7. The number of anilines is 1. The minimum absolute atomic E-state index is 0.0901. The zero-order chi connectivity index (χ0) is 27.3. The molecule has 0 radical (unpaired) electrons. The first-order valence-electron chi connectivity index (χ1n) is 12.0. The molecule has 0 aliphatic rings. The van der Waals surface area contributed by atoms with E-state index >= 15 is 0 Å². The molecule has 0 saturated carbocycles. The molecule has 0 aliphatic heterocycles. The monoisotopic (exact) mass is 559 g/mol. The van der Waals surface area contributed by atoms with E-state index in [4.69, 9.17) is 4.43 Å². The summed E-state index contributed by atoms with van der Waals surface area (Å²) in [5.41, 5.74) is 0.856. The van der Waals surface area contributed by atoms with Gasteiger partial charge in [-0.2, -0.15) is 0 Å². The third-order valence-corrected chi connectivity index (χ3v) is 12.2. The Bertz CT molecular complexity index is 1140. The second kappa shape index (κ2) is 12.3. The van der Waals surface area contributed by atoms with Crippen LogP contribution in [0.4, 0.5) is 14.6 Å². The number of benzene rings is 1. The highest BCUT2D eigenvalue weighted by molar-refractivity contribution is 7.98. The van der Waals surface area contributed by atoms with Crippen LogP contribution in [0.25, 0.3) is 0 Å². The topological polar surface area (TPSA) is 81.2 Å². The molecule has 36 heavy (non-hydrogen) atoms. The Labute approximate surface area is 220 Å². The first-order chi connectivity index (χ1) is 16.5. The van der Waals surface area contributed by atoms with E-state index in [-0.39, 0.29) is 33.2 Å². The second-order valence-electron chi connectivity index (χ2n) is 11.2. The van der Waals surface area contributed by atoms with E-state index < -0.39 is 30.0 Å². The lowest BCUT2D eigenvalue weighted by atomic mass is 9.93. The second-order valence-corrected chi connectivity index (χ2v) is 18.7. The van der Waals surface area contributed by atoms with Crippen molar-refractivity contribution in [2.45, 2.75) is 76.5 Å². The molecule has 1 N–H and O–H groups in total. The maximum atomic E-state index is 14.1. The van der Waals surface area contributed by atoms with Gasteiger partial charge in [-0.15, -0.1) is 0 Å². The third-order valence-electron chi connectivity index (χ3n) is 6.23. The Morgan fingerprint density at radius 3 is 2.42 bits per heavy atom. The van der Waals surface area contributed by atoms with Crippen LogP contribution in [0, 0.1) is 23.5 Å². The van der Waals surface area contributed by atoms with E-state index in [1.54, 1.807) is 6.07 Å². The molecule has 0 spiro atoms. The molecule has 0 aliphatic carbocycles. The van der Waals surface area contributed by atoms with Gasteiger partial charge >= 0.3 is 0 Å². The lowest BCUT2D eigenvalue weighted by molar-refractivity contribution is 0.206. The number of halogens is 2. The van der Waals surface area contributed by atoms with Crippen molar-refractivity contribution < 1.29 is 21.6 Å². The fraction of sp³-hybridized carbons (Fsp3) is 0.600. The highest BCUT2D eigenvalue weighted by Crippen LogP contribution is 2.37. The SMILES string of the molecule is CC(C)CC(CO[Si](C)(C)C(C)(C)C)Cc1cc(NS(C)(=O)=O)nc(SCc2cccc(F)c2F)n1. The highest BCUT2D eigenvalue weighted by Gasteiger charge is 2.37. The van der Waals surface area contributed by atoms with Crippen molar-refractivity contribution in [1.82, 2.24) is 9.97 Å². The van der Waals surface area contributed by atoms with E-state index in [1.165, 1.54) is 12.1 Å². The van der Waals surface area contributed by atoms with Crippen molar-refractivity contribution >= 4 is 35.9 Å². The number of hydrogen-bond acceptors (Lipinski definition) is 6. The van der Waals surface area contributed by atoms with Gasteiger partial charge in [-0.05, 0) is 48.9 Å². The van der Waals surface area contributed by atoms with Crippen LogP contribution in [0.2, 0.25) is 18.1 Å². The molecule has 11 heteroatoms. The van der Waals surface area contributed by atoms with Crippen molar-refractivity contribution in [3.05, 3.63) is 47.2 Å². The lowest BCUT2D eigenvalue weighted by Gasteiger charge is -2.37. The quantitative estimate of drug-likeness (QED) is 0.178. The van der Waals surface area contributed by atoms with E-state index in [9.17, 15) is 17.2 Å². The van der Waals surface area contributed by atoms with E-state index in [0.717, 1.165) is 30.5 Å². The van der Waals surface area contributed by atoms with E-state index in [2.05, 4.69) is 62.4 Å². The van der Waals surface area contributed by atoms with Crippen molar-refractivity contribution in [3.8, 4) is 0 Å². The van der Waals surface area contributed by atoms with Crippen LogP contribution in [0.15, 0.2) is 29.4 Å². The number of aromatic nitrogens is 2. The average molecular weight is 560 g/mol. The lowest BCUT2D eigenvalue weighted by Crippen LogP contribution is -2.42. The normalized spacial score (nSPS) is 13.8. The Morgan fingerprint density at radius 1 is 1.17 bits per heavy atom. The molecule has 2 rings (SSSR count). The summed E-state index contributed by atoms with van der Waals surface area (Å²) in [5.74, 6) is -0.944. The predicted molar refractivity (Wildman–Crippen MR) is 146 cm³/mol. The van der Waals surface area contributed by atoms with Crippen molar-refractivity contribution in [2.75, 3.05) is 17.6 Å². The van der Waals surface area contributed by atoms with Crippen molar-refractivity contribution in [3.63, 3.8) is 0 Å². The van der Waals surface area contributed by atoms with Gasteiger partial charge in [-0.1, -0.05) is 58.5 Å². The zero-order valence-electron chi connectivity index (χ0n) is 22.5.